The number of carbonyl (C=O) groups is 1. The highest BCUT2D eigenvalue weighted by Crippen LogP contribution is 2.10. The molecule has 0 aliphatic rings. The first-order valence-corrected chi connectivity index (χ1v) is 7.45. The number of hydrogen-bond donors (Lipinski definition) is 4. The van der Waals surface area contributed by atoms with Gasteiger partial charge in [-0.05, 0) is 17.7 Å². The van der Waals surface area contributed by atoms with Crippen molar-refractivity contribution in [2.24, 2.45) is 0 Å². The van der Waals surface area contributed by atoms with Gasteiger partial charge in [-0.25, -0.2) is 13.1 Å². The van der Waals surface area contributed by atoms with Crippen molar-refractivity contribution in [3.05, 3.63) is 29.8 Å². The summed E-state index contributed by atoms with van der Waals surface area (Å²) in [6.07, 6.45) is -1.14. The van der Waals surface area contributed by atoms with Gasteiger partial charge in [-0.3, -0.25) is 4.79 Å². The summed E-state index contributed by atoms with van der Waals surface area (Å²) in [5.74, 6) is -0.165. The van der Waals surface area contributed by atoms with E-state index in [2.05, 4.69) is 10.0 Å². The van der Waals surface area contributed by atoms with Crippen molar-refractivity contribution in [3.63, 3.8) is 0 Å². The van der Waals surface area contributed by atoms with Gasteiger partial charge in [0.1, 0.15) is 0 Å². The lowest BCUT2D eigenvalue weighted by atomic mass is 10.2. The second-order valence-electron chi connectivity index (χ2n) is 4.24. The van der Waals surface area contributed by atoms with Crippen LogP contribution in [0.4, 0.5) is 0 Å². The van der Waals surface area contributed by atoms with Crippen LogP contribution in [0, 0.1) is 0 Å². The normalized spacial score (nSPS) is 12.9. The minimum absolute atomic E-state index is 0.0502. The monoisotopic (exact) mass is 302 g/mol. The number of carbonyl (C=O) groups excluding carboxylic acids is 1. The topological polar surface area (TPSA) is 116 Å². The maximum atomic E-state index is 11.9. The van der Waals surface area contributed by atoms with E-state index in [9.17, 15) is 13.2 Å². The van der Waals surface area contributed by atoms with Crippen molar-refractivity contribution >= 4 is 15.9 Å². The second kappa shape index (κ2) is 7.34. The highest BCUT2D eigenvalue weighted by molar-refractivity contribution is 7.89. The number of amides is 1. The van der Waals surface area contributed by atoms with Gasteiger partial charge < -0.3 is 15.5 Å². The number of nitrogens with one attached hydrogen (secondary N) is 2. The molecule has 0 aliphatic heterocycles. The third-order valence-electron chi connectivity index (χ3n) is 2.49. The van der Waals surface area contributed by atoms with Gasteiger partial charge in [0, 0.05) is 20.0 Å². The van der Waals surface area contributed by atoms with Crippen molar-refractivity contribution in [2.45, 2.75) is 24.5 Å². The lowest BCUT2D eigenvalue weighted by Crippen LogP contribution is -2.33. The van der Waals surface area contributed by atoms with Gasteiger partial charge in [0.05, 0.1) is 17.6 Å². The third kappa shape index (κ3) is 5.25. The molecular formula is C12H18N2O5S. The molecule has 0 saturated carbocycles. The van der Waals surface area contributed by atoms with Gasteiger partial charge in [-0.2, -0.15) is 0 Å². The number of rotatable bonds is 7. The Morgan fingerprint density at radius 2 is 1.90 bits per heavy atom. The minimum Gasteiger partial charge on any atom is -0.394 e. The first kappa shape index (κ1) is 16.6. The molecule has 0 bridgehead atoms. The summed E-state index contributed by atoms with van der Waals surface area (Å²) in [7, 11) is -3.72. The number of benzene rings is 1. The summed E-state index contributed by atoms with van der Waals surface area (Å²) in [5.41, 5.74) is 0.773. The molecule has 1 aromatic rings. The Morgan fingerprint density at radius 3 is 2.40 bits per heavy atom. The van der Waals surface area contributed by atoms with Gasteiger partial charge >= 0.3 is 0 Å². The van der Waals surface area contributed by atoms with E-state index in [1.807, 2.05) is 0 Å². The highest BCUT2D eigenvalue weighted by Gasteiger charge is 2.15. The van der Waals surface area contributed by atoms with Crippen molar-refractivity contribution < 1.29 is 23.4 Å². The van der Waals surface area contributed by atoms with Gasteiger partial charge in [0.25, 0.3) is 0 Å². The van der Waals surface area contributed by atoms with E-state index in [4.69, 9.17) is 10.2 Å². The molecule has 1 amide bonds. The quantitative estimate of drug-likeness (QED) is 0.513. The van der Waals surface area contributed by atoms with Crippen LogP contribution in [-0.2, 0) is 21.4 Å². The second-order valence-corrected chi connectivity index (χ2v) is 6.01. The average Bonchev–Trinajstić information content (AvgIpc) is 2.43. The minimum atomic E-state index is -3.72. The fraction of sp³-hybridized carbons (Fsp3) is 0.417. The molecule has 1 atom stereocenters. The Hall–Kier alpha value is -1.48. The molecule has 8 heteroatoms. The van der Waals surface area contributed by atoms with Crippen LogP contribution >= 0.6 is 0 Å². The maximum absolute atomic E-state index is 11.9. The Balaban J connectivity index is 2.69. The van der Waals surface area contributed by atoms with E-state index >= 15 is 0 Å². The van der Waals surface area contributed by atoms with Crippen LogP contribution in [-0.4, -0.2) is 43.8 Å². The molecule has 7 nitrogen and oxygen atoms in total. The van der Waals surface area contributed by atoms with E-state index in [0.717, 1.165) is 5.56 Å². The van der Waals surface area contributed by atoms with E-state index < -0.39 is 22.7 Å². The Labute approximate surface area is 117 Å². The molecule has 0 aromatic heterocycles. The molecule has 112 valence electrons. The molecule has 0 radical (unpaired) electrons. The highest BCUT2D eigenvalue weighted by atomic mass is 32.2. The fourth-order valence-electron chi connectivity index (χ4n) is 1.37. The number of aliphatic hydroxyl groups is 2. The van der Waals surface area contributed by atoms with Crippen molar-refractivity contribution in [1.82, 2.24) is 10.0 Å². The van der Waals surface area contributed by atoms with Crippen LogP contribution < -0.4 is 10.0 Å². The molecule has 0 heterocycles. The summed E-state index contributed by atoms with van der Waals surface area (Å²) in [5, 5.41) is 20.3. The molecule has 0 fully saturated rings. The zero-order chi connectivity index (χ0) is 15.2. The SMILES string of the molecule is CC(=O)NCc1ccc(S(=O)(=O)NCC(O)CO)cc1. The molecule has 0 aliphatic carbocycles. The standard InChI is InChI=1S/C12H18N2O5S/c1-9(16)13-6-10-2-4-12(5-3-10)20(18,19)14-7-11(17)8-15/h2-5,11,14-15,17H,6-8H2,1H3,(H,13,16). The summed E-state index contributed by atoms with van der Waals surface area (Å²) < 4.78 is 25.9. The van der Waals surface area contributed by atoms with E-state index in [0.29, 0.717) is 6.54 Å². The van der Waals surface area contributed by atoms with Crippen LogP contribution in [0.15, 0.2) is 29.2 Å². The zero-order valence-electron chi connectivity index (χ0n) is 11.0. The molecule has 0 spiro atoms. The van der Waals surface area contributed by atoms with Crippen LogP contribution in [0.1, 0.15) is 12.5 Å². The smallest absolute Gasteiger partial charge is 0.240 e. The molecule has 1 aromatic carbocycles. The summed E-state index contributed by atoms with van der Waals surface area (Å²) in [6, 6.07) is 6.00. The predicted octanol–water partition coefficient (Wildman–Crippen LogP) is -1.05. The molecular weight excluding hydrogens is 284 g/mol. The molecule has 0 saturated heterocycles. The molecule has 4 N–H and O–H groups in total. The van der Waals surface area contributed by atoms with Gasteiger partial charge in [-0.15, -0.1) is 0 Å². The first-order chi connectivity index (χ1) is 9.35. The Morgan fingerprint density at radius 1 is 1.30 bits per heavy atom. The predicted molar refractivity (Wildman–Crippen MR) is 72.2 cm³/mol. The molecule has 1 rings (SSSR count). The Kier molecular flexibility index (Phi) is 6.08. The average molecular weight is 302 g/mol. The summed E-state index contributed by atoms with van der Waals surface area (Å²) in [4.78, 5) is 10.8. The van der Waals surface area contributed by atoms with Crippen molar-refractivity contribution in [3.8, 4) is 0 Å². The van der Waals surface area contributed by atoms with Crippen LogP contribution in [0.25, 0.3) is 0 Å². The van der Waals surface area contributed by atoms with Gasteiger partial charge in [0.15, 0.2) is 0 Å². The Bertz CT molecular complexity index is 541. The lowest BCUT2D eigenvalue weighted by Gasteiger charge is -2.10. The van der Waals surface area contributed by atoms with E-state index in [1.54, 1.807) is 12.1 Å². The van der Waals surface area contributed by atoms with Crippen molar-refractivity contribution in [1.29, 1.82) is 0 Å². The van der Waals surface area contributed by atoms with E-state index in [1.165, 1.54) is 19.1 Å². The third-order valence-corrected chi connectivity index (χ3v) is 3.93. The zero-order valence-corrected chi connectivity index (χ0v) is 11.9. The van der Waals surface area contributed by atoms with Crippen LogP contribution in [0.5, 0.6) is 0 Å². The summed E-state index contributed by atoms with van der Waals surface area (Å²) >= 11 is 0. The first-order valence-electron chi connectivity index (χ1n) is 5.97. The van der Waals surface area contributed by atoms with Gasteiger partial charge in [0.2, 0.25) is 15.9 Å². The summed E-state index contributed by atoms with van der Waals surface area (Å²) in [6.45, 7) is 0.951. The van der Waals surface area contributed by atoms with Crippen LogP contribution in [0.3, 0.4) is 0 Å². The lowest BCUT2D eigenvalue weighted by molar-refractivity contribution is -0.119. The number of hydrogen-bond acceptors (Lipinski definition) is 5. The maximum Gasteiger partial charge on any atom is 0.240 e. The molecule has 20 heavy (non-hydrogen) atoms. The fourth-order valence-corrected chi connectivity index (χ4v) is 2.44. The van der Waals surface area contributed by atoms with E-state index in [-0.39, 0.29) is 17.3 Å². The van der Waals surface area contributed by atoms with Crippen molar-refractivity contribution in [2.75, 3.05) is 13.2 Å². The number of sulfonamides is 1. The molecule has 1 unspecified atom stereocenters. The van der Waals surface area contributed by atoms with Gasteiger partial charge in [-0.1, -0.05) is 12.1 Å². The largest absolute Gasteiger partial charge is 0.394 e. The van der Waals surface area contributed by atoms with Crippen LogP contribution in [0.2, 0.25) is 0 Å². The number of aliphatic hydroxyl groups excluding tert-OH is 2.